The van der Waals surface area contributed by atoms with Crippen LogP contribution in [0.3, 0.4) is 0 Å². The summed E-state index contributed by atoms with van der Waals surface area (Å²) in [7, 11) is 1.25. The highest BCUT2D eigenvalue weighted by molar-refractivity contribution is 6.04. The van der Waals surface area contributed by atoms with Crippen molar-refractivity contribution in [1.82, 2.24) is 4.98 Å². The molecule has 1 saturated heterocycles. The Morgan fingerprint density at radius 3 is 2.04 bits per heavy atom. The predicted molar refractivity (Wildman–Crippen MR) is 173 cm³/mol. The molecule has 0 bridgehead atoms. The zero-order valence-corrected chi connectivity index (χ0v) is 28.4. The number of aryl methyl sites for hydroxylation is 1. The second-order valence-corrected chi connectivity index (χ2v) is 12.9. The number of nitriles is 1. The van der Waals surface area contributed by atoms with Gasteiger partial charge in [-0.1, -0.05) is 13.0 Å². The van der Waals surface area contributed by atoms with Crippen molar-refractivity contribution in [3.8, 4) is 17.2 Å². The molecule has 1 fully saturated rings. The molecule has 1 aromatic heterocycles. The number of alkyl halides is 6. The van der Waals surface area contributed by atoms with Crippen LogP contribution in [0.1, 0.15) is 68.5 Å². The Kier molecular flexibility index (Phi) is 10.9. The molecule has 14 heteroatoms. The van der Waals surface area contributed by atoms with Crippen LogP contribution in [0.4, 0.5) is 42.2 Å². The van der Waals surface area contributed by atoms with E-state index in [2.05, 4.69) is 4.98 Å². The third kappa shape index (κ3) is 7.87. The van der Waals surface area contributed by atoms with E-state index in [1.165, 1.54) is 39.1 Å². The molecule has 1 aliphatic rings. The van der Waals surface area contributed by atoms with E-state index < -0.39 is 46.2 Å². The topological polar surface area (TPSA) is 86.5 Å². The highest BCUT2D eigenvalue weighted by atomic mass is 19.4. The summed E-state index contributed by atoms with van der Waals surface area (Å²) in [6, 6.07) is 8.50. The van der Waals surface area contributed by atoms with Crippen LogP contribution in [0.5, 0.6) is 0 Å². The van der Waals surface area contributed by atoms with Gasteiger partial charge in [0.25, 0.3) is 0 Å². The van der Waals surface area contributed by atoms with Gasteiger partial charge >= 0.3 is 18.3 Å². The lowest BCUT2D eigenvalue weighted by atomic mass is 9.81. The summed E-state index contributed by atoms with van der Waals surface area (Å²) in [5, 5.41) is 10.3. The van der Waals surface area contributed by atoms with E-state index in [9.17, 15) is 45.6 Å². The monoisotopic (exact) mass is 706 g/mol. The van der Waals surface area contributed by atoms with Crippen molar-refractivity contribution in [2.24, 2.45) is 11.8 Å². The molecule has 2 aromatic carbocycles. The van der Waals surface area contributed by atoms with Crippen LogP contribution in [-0.2, 0) is 32.1 Å². The number of aromatic nitrogens is 1. The third-order valence-corrected chi connectivity index (χ3v) is 9.28. The van der Waals surface area contributed by atoms with Crippen LogP contribution in [0, 0.1) is 35.9 Å². The molecule has 3 aromatic rings. The van der Waals surface area contributed by atoms with E-state index in [1.807, 2.05) is 17.9 Å². The van der Waals surface area contributed by atoms with Crippen molar-refractivity contribution in [3.63, 3.8) is 0 Å². The summed E-state index contributed by atoms with van der Waals surface area (Å²) >= 11 is 0. The lowest BCUT2D eigenvalue weighted by Crippen LogP contribution is -2.42. The second kappa shape index (κ2) is 14.3. The molecule has 0 aliphatic carbocycles. The number of ether oxygens (including phenoxy) is 1. The fourth-order valence-electron chi connectivity index (χ4n) is 6.29. The smallest absolute Gasteiger partial charge is 0.416 e. The zero-order chi connectivity index (χ0) is 37.3. The van der Waals surface area contributed by atoms with Gasteiger partial charge < -0.3 is 14.5 Å². The van der Waals surface area contributed by atoms with E-state index in [0.29, 0.717) is 55.0 Å². The van der Waals surface area contributed by atoms with Crippen molar-refractivity contribution < 1.29 is 45.1 Å². The Morgan fingerprint density at radius 2 is 1.54 bits per heavy atom. The van der Waals surface area contributed by atoms with Crippen LogP contribution in [0.2, 0.25) is 0 Å². The molecular formula is C36H37F7N4O3. The van der Waals surface area contributed by atoms with E-state index in [4.69, 9.17) is 4.74 Å². The summed E-state index contributed by atoms with van der Waals surface area (Å²) in [6.45, 7) is 8.74. The first-order valence-corrected chi connectivity index (χ1v) is 15.9. The number of amides is 1. The number of hydrogen-bond acceptors (Lipinski definition) is 6. The Bertz CT molecular complexity index is 1770. The third-order valence-electron chi connectivity index (χ3n) is 9.28. The van der Waals surface area contributed by atoms with Crippen molar-refractivity contribution in [3.05, 3.63) is 76.2 Å². The standard InChI is InChI=1S/C36H37F7N4O3/c1-7-50-32(48)21(3)22-10-12-47(13-11-22)30-18-28(27-9-8-26(37)14-20(27)2)31(29(19-44)45-30)46(6)33(49)34(4,5)23-15-24(35(38,39)40)17-25(16-23)36(41,42)43/h8-9,14-18,21-22H,7,10-13H2,1-6H3. The molecule has 1 aliphatic heterocycles. The fourth-order valence-corrected chi connectivity index (χ4v) is 6.29. The van der Waals surface area contributed by atoms with Crippen LogP contribution in [0.15, 0.2) is 42.5 Å². The van der Waals surface area contributed by atoms with E-state index in [-0.39, 0.29) is 47.4 Å². The number of carbonyl (C=O) groups excluding carboxylic acids is 2. The molecule has 2 heterocycles. The lowest BCUT2D eigenvalue weighted by molar-refractivity contribution is -0.149. The molecule has 0 N–H and O–H groups in total. The first-order valence-electron chi connectivity index (χ1n) is 15.9. The maximum atomic E-state index is 14.2. The molecule has 7 nitrogen and oxygen atoms in total. The van der Waals surface area contributed by atoms with E-state index in [0.717, 1.165) is 4.90 Å². The fraction of sp³-hybridized carbons (Fsp3) is 0.444. The second-order valence-electron chi connectivity index (χ2n) is 12.9. The number of nitrogens with zero attached hydrogens (tertiary/aromatic N) is 4. The van der Waals surface area contributed by atoms with Gasteiger partial charge in [-0.05, 0) is 99.5 Å². The average molecular weight is 707 g/mol. The maximum Gasteiger partial charge on any atom is 0.416 e. The number of pyridine rings is 1. The van der Waals surface area contributed by atoms with Crippen molar-refractivity contribution >= 4 is 23.4 Å². The molecule has 4 rings (SSSR count). The number of anilines is 2. The van der Waals surface area contributed by atoms with Crippen molar-refractivity contribution in [2.45, 2.75) is 65.2 Å². The van der Waals surface area contributed by atoms with Gasteiger partial charge in [-0.15, -0.1) is 0 Å². The number of hydrogen-bond donors (Lipinski definition) is 0. The van der Waals surface area contributed by atoms with E-state index >= 15 is 0 Å². The van der Waals surface area contributed by atoms with Gasteiger partial charge in [0.1, 0.15) is 17.7 Å². The molecule has 1 amide bonds. The van der Waals surface area contributed by atoms with Gasteiger partial charge in [-0.3, -0.25) is 9.59 Å². The molecule has 0 saturated carbocycles. The molecule has 0 radical (unpaired) electrons. The first kappa shape index (κ1) is 38.1. The molecule has 268 valence electrons. The summed E-state index contributed by atoms with van der Waals surface area (Å²) in [5.41, 5.74) is -4.82. The molecule has 1 unspecified atom stereocenters. The quantitative estimate of drug-likeness (QED) is 0.173. The highest BCUT2D eigenvalue weighted by Gasteiger charge is 2.42. The highest BCUT2D eigenvalue weighted by Crippen LogP contribution is 2.43. The SMILES string of the molecule is CCOC(=O)C(C)C1CCN(c2cc(-c3ccc(F)cc3C)c(N(C)C(=O)C(C)(C)c3cc(C(F)(F)F)cc(C(F)(F)F)c3)c(C#N)n2)CC1. The minimum absolute atomic E-state index is 0.0140. The van der Waals surface area contributed by atoms with Crippen LogP contribution < -0.4 is 9.80 Å². The van der Waals surface area contributed by atoms with Crippen molar-refractivity contribution in [2.75, 3.05) is 36.5 Å². The van der Waals surface area contributed by atoms with Crippen LogP contribution in [-0.4, -0.2) is 43.6 Å². The molecule has 1 atom stereocenters. The summed E-state index contributed by atoms with van der Waals surface area (Å²) in [6.07, 6.45) is -9.04. The Labute approximate surface area is 285 Å². The van der Waals surface area contributed by atoms with Crippen LogP contribution in [0.25, 0.3) is 11.1 Å². The van der Waals surface area contributed by atoms with Gasteiger partial charge in [0.15, 0.2) is 5.69 Å². The average Bonchev–Trinajstić information content (AvgIpc) is 3.05. The summed E-state index contributed by atoms with van der Waals surface area (Å²) in [5.74, 6) is -1.68. The number of rotatable bonds is 8. The summed E-state index contributed by atoms with van der Waals surface area (Å²) in [4.78, 5) is 34.0. The normalized spacial score (nSPS) is 15.0. The van der Waals surface area contributed by atoms with E-state index in [1.54, 1.807) is 19.9 Å². The maximum absolute atomic E-state index is 14.2. The lowest BCUT2D eigenvalue weighted by Gasteiger charge is -2.36. The van der Waals surface area contributed by atoms with Gasteiger partial charge in [-0.2, -0.15) is 31.6 Å². The van der Waals surface area contributed by atoms with Gasteiger partial charge in [-0.25, -0.2) is 9.37 Å². The van der Waals surface area contributed by atoms with Gasteiger partial charge in [0, 0.05) is 25.7 Å². The Morgan fingerprint density at radius 1 is 0.980 bits per heavy atom. The summed E-state index contributed by atoms with van der Waals surface area (Å²) < 4.78 is 102. The first-order chi connectivity index (χ1) is 23.2. The Hall–Kier alpha value is -4.67. The molecule has 50 heavy (non-hydrogen) atoms. The number of carbonyl (C=O) groups is 2. The number of likely N-dealkylation sites (N-methyl/N-ethyl adjacent to an activating group) is 1. The Balaban J connectivity index is 1.82. The van der Waals surface area contributed by atoms with Gasteiger partial charge in [0.05, 0.1) is 34.8 Å². The minimum Gasteiger partial charge on any atom is -0.466 e. The van der Waals surface area contributed by atoms with Crippen LogP contribution >= 0.6 is 0 Å². The predicted octanol–water partition coefficient (Wildman–Crippen LogP) is 8.46. The number of halogens is 7. The molecule has 0 spiro atoms. The van der Waals surface area contributed by atoms with Gasteiger partial charge in [0.2, 0.25) is 5.91 Å². The molecular weight excluding hydrogens is 669 g/mol. The minimum atomic E-state index is -5.13. The largest absolute Gasteiger partial charge is 0.466 e. The number of benzene rings is 2. The number of esters is 1. The number of piperidine rings is 1. The van der Waals surface area contributed by atoms with Crippen molar-refractivity contribution in [1.29, 1.82) is 5.26 Å². The zero-order valence-electron chi connectivity index (χ0n) is 28.4.